The number of carbonyl (C=O) groups excluding carboxylic acids is 1. The van der Waals surface area contributed by atoms with Crippen LogP contribution in [0.5, 0.6) is 11.5 Å². The zero-order chi connectivity index (χ0) is 19.4. The molecule has 1 amide bonds. The van der Waals surface area contributed by atoms with E-state index in [0.29, 0.717) is 11.4 Å². The molecule has 3 N–H and O–H groups in total. The van der Waals surface area contributed by atoms with Gasteiger partial charge in [-0.25, -0.2) is 14.4 Å². The van der Waals surface area contributed by atoms with Crippen molar-refractivity contribution in [3.63, 3.8) is 0 Å². The van der Waals surface area contributed by atoms with Crippen LogP contribution in [0.3, 0.4) is 0 Å². The molecule has 0 fully saturated rings. The lowest BCUT2D eigenvalue weighted by Gasteiger charge is -2.12. The molecule has 2 aromatic carbocycles. The van der Waals surface area contributed by atoms with Crippen molar-refractivity contribution in [3.8, 4) is 22.8 Å². The van der Waals surface area contributed by atoms with Gasteiger partial charge in [-0.05, 0) is 24.3 Å². The van der Waals surface area contributed by atoms with Crippen LogP contribution in [0.2, 0.25) is 0 Å². The van der Waals surface area contributed by atoms with Crippen molar-refractivity contribution < 1.29 is 18.7 Å². The predicted octanol–water partition coefficient (Wildman–Crippen LogP) is 3.14. The van der Waals surface area contributed by atoms with Crippen molar-refractivity contribution in [2.75, 3.05) is 19.5 Å². The number of anilines is 2. The van der Waals surface area contributed by atoms with Crippen molar-refractivity contribution in [2.24, 2.45) is 5.73 Å². The number of benzene rings is 2. The minimum Gasteiger partial charge on any atom is -0.496 e. The van der Waals surface area contributed by atoms with E-state index >= 15 is 0 Å². The fourth-order valence-corrected chi connectivity index (χ4v) is 2.56. The van der Waals surface area contributed by atoms with Crippen molar-refractivity contribution in [1.29, 1.82) is 0 Å². The number of hydrogen-bond acceptors (Lipinski definition) is 6. The smallest absolute Gasteiger partial charge is 0.252 e. The van der Waals surface area contributed by atoms with Crippen molar-refractivity contribution in [1.82, 2.24) is 9.97 Å². The summed E-state index contributed by atoms with van der Waals surface area (Å²) in [6.07, 6.45) is 1.54. The molecule has 0 aliphatic carbocycles. The van der Waals surface area contributed by atoms with Gasteiger partial charge in [-0.15, -0.1) is 0 Å². The number of carbonyl (C=O) groups is 1. The van der Waals surface area contributed by atoms with Gasteiger partial charge in [0, 0.05) is 17.8 Å². The zero-order valence-corrected chi connectivity index (χ0v) is 14.7. The molecule has 8 heteroatoms. The maximum absolute atomic E-state index is 14.3. The number of ether oxygens (including phenoxy) is 2. The molecule has 0 atom stereocenters. The molecule has 1 aromatic heterocycles. The highest BCUT2D eigenvalue weighted by Gasteiger charge is 2.16. The topological polar surface area (TPSA) is 99.4 Å². The van der Waals surface area contributed by atoms with Gasteiger partial charge in [-0.3, -0.25) is 4.79 Å². The zero-order valence-electron chi connectivity index (χ0n) is 14.7. The van der Waals surface area contributed by atoms with Crippen LogP contribution in [0.25, 0.3) is 11.3 Å². The average Bonchev–Trinajstić information content (AvgIpc) is 2.69. The minimum atomic E-state index is -0.737. The van der Waals surface area contributed by atoms with Crippen LogP contribution in [-0.2, 0) is 0 Å². The van der Waals surface area contributed by atoms with Gasteiger partial charge in [0.15, 0.2) is 0 Å². The normalized spacial score (nSPS) is 10.3. The molecule has 27 heavy (non-hydrogen) atoms. The molecular formula is C19H17FN4O3. The van der Waals surface area contributed by atoms with E-state index in [0.717, 1.165) is 11.6 Å². The number of primary amides is 1. The number of nitrogens with one attached hydrogen (secondary N) is 1. The molecule has 0 aliphatic heterocycles. The number of aromatic nitrogens is 2. The summed E-state index contributed by atoms with van der Waals surface area (Å²) < 4.78 is 24.7. The SMILES string of the molecule is COc1cc(F)c(Nc2nccc(-c3ccccc3OC)n2)cc1C(N)=O. The summed E-state index contributed by atoms with van der Waals surface area (Å²) >= 11 is 0. The molecule has 1 heterocycles. The van der Waals surface area contributed by atoms with Gasteiger partial charge in [0.2, 0.25) is 5.95 Å². The Morgan fingerprint density at radius 1 is 1.11 bits per heavy atom. The third-order valence-corrected chi connectivity index (χ3v) is 3.84. The Morgan fingerprint density at radius 2 is 1.85 bits per heavy atom. The molecule has 0 saturated heterocycles. The fraction of sp³-hybridized carbons (Fsp3) is 0.105. The van der Waals surface area contributed by atoms with Crippen LogP contribution < -0.4 is 20.5 Å². The maximum Gasteiger partial charge on any atom is 0.252 e. The summed E-state index contributed by atoms with van der Waals surface area (Å²) in [5.74, 6) is -0.525. The Kier molecular flexibility index (Phi) is 5.16. The van der Waals surface area contributed by atoms with Gasteiger partial charge >= 0.3 is 0 Å². The van der Waals surface area contributed by atoms with E-state index in [-0.39, 0.29) is 22.9 Å². The number of hydrogen-bond donors (Lipinski definition) is 2. The second-order valence-electron chi connectivity index (χ2n) is 5.49. The number of para-hydroxylation sites is 1. The first-order valence-corrected chi connectivity index (χ1v) is 7.94. The number of amides is 1. The van der Waals surface area contributed by atoms with Crippen molar-refractivity contribution >= 4 is 17.5 Å². The third-order valence-electron chi connectivity index (χ3n) is 3.84. The van der Waals surface area contributed by atoms with E-state index in [4.69, 9.17) is 15.2 Å². The summed E-state index contributed by atoms with van der Waals surface area (Å²) in [6, 6.07) is 11.4. The van der Waals surface area contributed by atoms with Crippen molar-refractivity contribution in [3.05, 3.63) is 60.0 Å². The first-order valence-electron chi connectivity index (χ1n) is 7.94. The molecule has 7 nitrogen and oxygen atoms in total. The number of nitrogens with two attached hydrogens (primary N) is 1. The molecule has 0 saturated carbocycles. The van der Waals surface area contributed by atoms with E-state index in [9.17, 15) is 9.18 Å². The van der Waals surface area contributed by atoms with Gasteiger partial charge in [-0.2, -0.15) is 0 Å². The second kappa shape index (κ2) is 7.69. The first kappa shape index (κ1) is 18.1. The Bertz CT molecular complexity index is 994. The average molecular weight is 368 g/mol. The number of halogens is 1. The lowest BCUT2D eigenvalue weighted by molar-refractivity contribution is 0.0997. The van der Waals surface area contributed by atoms with Crippen LogP contribution in [0, 0.1) is 5.82 Å². The molecule has 0 unspecified atom stereocenters. The highest BCUT2D eigenvalue weighted by atomic mass is 19.1. The molecule has 138 valence electrons. The van der Waals surface area contributed by atoms with Crippen LogP contribution >= 0.6 is 0 Å². The fourth-order valence-electron chi connectivity index (χ4n) is 2.56. The summed E-state index contributed by atoms with van der Waals surface area (Å²) in [4.78, 5) is 20.0. The molecule has 0 radical (unpaired) electrons. The predicted molar refractivity (Wildman–Crippen MR) is 98.8 cm³/mol. The second-order valence-corrected chi connectivity index (χ2v) is 5.49. The summed E-state index contributed by atoms with van der Waals surface area (Å²) in [5.41, 5.74) is 6.72. The lowest BCUT2D eigenvalue weighted by Crippen LogP contribution is -2.13. The van der Waals surface area contributed by atoms with Gasteiger partial charge in [-0.1, -0.05) is 12.1 Å². The van der Waals surface area contributed by atoms with Crippen molar-refractivity contribution in [2.45, 2.75) is 0 Å². The highest BCUT2D eigenvalue weighted by Crippen LogP contribution is 2.30. The van der Waals surface area contributed by atoms with Crippen LogP contribution in [0.4, 0.5) is 16.0 Å². The summed E-state index contributed by atoms with van der Waals surface area (Å²) in [7, 11) is 2.89. The molecule has 0 aliphatic rings. The van der Waals surface area contributed by atoms with Crippen LogP contribution in [-0.4, -0.2) is 30.1 Å². The Hall–Kier alpha value is -3.68. The Balaban J connectivity index is 1.98. The van der Waals surface area contributed by atoms with E-state index in [1.807, 2.05) is 24.3 Å². The quantitative estimate of drug-likeness (QED) is 0.693. The van der Waals surface area contributed by atoms with Gasteiger partial charge in [0.1, 0.15) is 17.3 Å². The van der Waals surface area contributed by atoms with E-state index < -0.39 is 11.7 Å². The Morgan fingerprint density at radius 3 is 2.56 bits per heavy atom. The number of nitrogens with zero attached hydrogens (tertiary/aromatic N) is 2. The van der Waals surface area contributed by atoms with Gasteiger partial charge in [0.25, 0.3) is 5.91 Å². The van der Waals surface area contributed by atoms with Crippen LogP contribution in [0.1, 0.15) is 10.4 Å². The van der Waals surface area contributed by atoms with E-state index in [1.165, 1.54) is 19.4 Å². The summed E-state index contributed by atoms with van der Waals surface area (Å²) in [6.45, 7) is 0. The van der Waals surface area contributed by atoms with Gasteiger partial charge in [0.05, 0.1) is 31.2 Å². The molecule has 3 rings (SSSR count). The number of methoxy groups -OCH3 is 2. The first-order chi connectivity index (χ1) is 13.0. The third kappa shape index (κ3) is 3.79. The molecule has 3 aromatic rings. The molecule has 0 spiro atoms. The minimum absolute atomic E-state index is 0.00165. The monoisotopic (exact) mass is 368 g/mol. The highest BCUT2D eigenvalue weighted by molar-refractivity contribution is 5.96. The summed E-state index contributed by atoms with van der Waals surface area (Å²) in [5, 5.41) is 2.77. The lowest BCUT2D eigenvalue weighted by atomic mass is 10.1. The molecule has 0 bridgehead atoms. The van der Waals surface area contributed by atoms with E-state index in [2.05, 4.69) is 15.3 Å². The standard InChI is InChI=1S/C19H17FN4O3/c1-26-16-6-4-3-5-11(16)14-7-8-22-19(23-14)24-15-9-12(18(21)25)17(27-2)10-13(15)20/h3-10H,1-2H3,(H2,21,25)(H,22,23,24). The van der Waals surface area contributed by atoms with Crippen LogP contribution in [0.15, 0.2) is 48.7 Å². The maximum atomic E-state index is 14.3. The van der Waals surface area contributed by atoms with Gasteiger partial charge < -0.3 is 20.5 Å². The largest absolute Gasteiger partial charge is 0.496 e. The molecular weight excluding hydrogens is 351 g/mol. The Labute approximate surface area is 155 Å². The number of rotatable bonds is 6. The van der Waals surface area contributed by atoms with E-state index in [1.54, 1.807) is 13.2 Å².